The summed E-state index contributed by atoms with van der Waals surface area (Å²) in [5.74, 6) is 0.902. The number of unbranched alkanes of at least 4 members (excludes halogenated alkanes) is 1. The summed E-state index contributed by atoms with van der Waals surface area (Å²) in [5, 5.41) is 7.30. The molecule has 0 saturated heterocycles. The molecule has 0 fully saturated rings. The van der Waals surface area contributed by atoms with Crippen LogP contribution in [-0.4, -0.2) is 16.8 Å². The number of rotatable bonds is 6. The number of H-pyrrole nitrogens is 1. The minimum absolute atomic E-state index is 0.492. The van der Waals surface area contributed by atoms with Crippen LogP contribution in [0.3, 0.4) is 0 Å². The van der Waals surface area contributed by atoms with Gasteiger partial charge < -0.3 is 10.5 Å². The molecule has 102 valence electrons. The monoisotopic (exact) mass is 259 g/mol. The maximum atomic E-state index is 5.76. The normalized spacial score (nSPS) is 10.7. The van der Waals surface area contributed by atoms with Crippen molar-refractivity contribution >= 4 is 0 Å². The first kappa shape index (κ1) is 13.6. The maximum absolute atomic E-state index is 5.76. The second-order valence-corrected chi connectivity index (χ2v) is 4.61. The third kappa shape index (κ3) is 3.15. The van der Waals surface area contributed by atoms with E-state index < -0.39 is 0 Å². The van der Waals surface area contributed by atoms with E-state index in [1.165, 1.54) is 0 Å². The van der Waals surface area contributed by atoms with Gasteiger partial charge in [0.2, 0.25) is 0 Å². The number of aryl methyl sites for hydroxylation is 1. The minimum atomic E-state index is 0.492. The molecule has 4 nitrogen and oxygen atoms in total. The minimum Gasteiger partial charge on any atom is -0.494 e. The van der Waals surface area contributed by atoms with Gasteiger partial charge in [-0.3, -0.25) is 5.10 Å². The van der Waals surface area contributed by atoms with Gasteiger partial charge in [-0.2, -0.15) is 5.10 Å². The summed E-state index contributed by atoms with van der Waals surface area (Å²) in [5.41, 5.74) is 9.85. The van der Waals surface area contributed by atoms with Crippen LogP contribution in [0.1, 0.15) is 31.0 Å². The standard InChI is InChI=1S/C15H21N3O/c1-3-4-9-19-13-7-5-12(6-8-13)15-14(10-16)11(2)17-18-15/h5-8H,3-4,9-10,16H2,1-2H3,(H,17,18). The Labute approximate surface area is 114 Å². The average molecular weight is 259 g/mol. The van der Waals surface area contributed by atoms with Gasteiger partial charge in [0.15, 0.2) is 0 Å². The predicted molar refractivity (Wildman–Crippen MR) is 77.1 cm³/mol. The fourth-order valence-electron chi connectivity index (χ4n) is 1.98. The number of nitrogens with one attached hydrogen (secondary N) is 1. The fraction of sp³-hybridized carbons (Fsp3) is 0.400. The molecule has 3 N–H and O–H groups in total. The number of ether oxygens (including phenoxy) is 1. The number of aromatic nitrogens is 2. The Kier molecular flexibility index (Phi) is 4.58. The van der Waals surface area contributed by atoms with Gasteiger partial charge in [-0.05, 0) is 37.6 Å². The lowest BCUT2D eigenvalue weighted by atomic mass is 10.1. The van der Waals surface area contributed by atoms with Crippen molar-refractivity contribution in [3.63, 3.8) is 0 Å². The number of aromatic amines is 1. The van der Waals surface area contributed by atoms with Crippen LogP contribution in [0.2, 0.25) is 0 Å². The highest BCUT2D eigenvalue weighted by Crippen LogP contribution is 2.25. The van der Waals surface area contributed by atoms with Crippen LogP contribution in [0.5, 0.6) is 5.75 Å². The van der Waals surface area contributed by atoms with Crippen molar-refractivity contribution in [2.75, 3.05) is 6.61 Å². The van der Waals surface area contributed by atoms with Crippen LogP contribution in [-0.2, 0) is 6.54 Å². The lowest BCUT2D eigenvalue weighted by Crippen LogP contribution is -1.99. The Hall–Kier alpha value is -1.81. The van der Waals surface area contributed by atoms with E-state index in [4.69, 9.17) is 10.5 Å². The molecule has 0 spiro atoms. The molecule has 0 aliphatic carbocycles. The third-order valence-corrected chi connectivity index (χ3v) is 3.17. The highest BCUT2D eigenvalue weighted by Gasteiger charge is 2.10. The molecule has 0 aliphatic heterocycles. The Morgan fingerprint density at radius 1 is 1.26 bits per heavy atom. The van der Waals surface area contributed by atoms with Crippen LogP contribution < -0.4 is 10.5 Å². The molecule has 0 unspecified atom stereocenters. The smallest absolute Gasteiger partial charge is 0.119 e. The molecule has 1 heterocycles. The molecule has 1 aromatic heterocycles. The zero-order chi connectivity index (χ0) is 13.7. The second kappa shape index (κ2) is 6.38. The van der Waals surface area contributed by atoms with Crippen LogP contribution in [0.25, 0.3) is 11.3 Å². The largest absolute Gasteiger partial charge is 0.494 e. The van der Waals surface area contributed by atoms with Crippen LogP contribution in [0.15, 0.2) is 24.3 Å². The quantitative estimate of drug-likeness (QED) is 0.784. The molecule has 19 heavy (non-hydrogen) atoms. The van der Waals surface area contributed by atoms with Crippen LogP contribution in [0.4, 0.5) is 0 Å². The van der Waals surface area contributed by atoms with E-state index in [-0.39, 0.29) is 0 Å². The van der Waals surface area contributed by atoms with Crippen molar-refractivity contribution in [2.45, 2.75) is 33.2 Å². The zero-order valence-electron chi connectivity index (χ0n) is 11.6. The topological polar surface area (TPSA) is 63.9 Å². The first-order valence-electron chi connectivity index (χ1n) is 6.73. The van der Waals surface area contributed by atoms with E-state index in [0.717, 1.165) is 47.7 Å². The summed E-state index contributed by atoms with van der Waals surface area (Å²) in [6.45, 7) is 5.40. The Morgan fingerprint density at radius 3 is 2.63 bits per heavy atom. The summed E-state index contributed by atoms with van der Waals surface area (Å²) >= 11 is 0. The Bertz CT molecular complexity index is 517. The Balaban J connectivity index is 2.13. The number of nitrogens with zero attached hydrogens (tertiary/aromatic N) is 1. The predicted octanol–water partition coefficient (Wildman–Crippen LogP) is 3.02. The van der Waals surface area contributed by atoms with Crippen molar-refractivity contribution < 1.29 is 4.74 Å². The molecule has 4 heteroatoms. The number of hydrogen-bond acceptors (Lipinski definition) is 3. The first-order valence-corrected chi connectivity index (χ1v) is 6.73. The van der Waals surface area contributed by atoms with Gasteiger partial charge >= 0.3 is 0 Å². The van der Waals surface area contributed by atoms with Gasteiger partial charge in [-0.1, -0.05) is 13.3 Å². The van der Waals surface area contributed by atoms with Gasteiger partial charge in [0, 0.05) is 23.4 Å². The molecule has 2 rings (SSSR count). The van der Waals surface area contributed by atoms with Gasteiger partial charge in [0.1, 0.15) is 5.75 Å². The molecular weight excluding hydrogens is 238 g/mol. The average Bonchev–Trinajstić information content (AvgIpc) is 2.81. The highest BCUT2D eigenvalue weighted by molar-refractivity contribution is 5.64. The maximum Gasteiger partial charge on any atom is 0.119 e. The van der Waals surface area contributed by atoms with Crippen molar-refractivity contribution in [1.29, 1.82) is 0 Å². The summed E-state index contributed by atoms with van der Waals surface area (Å²) in [6, 6.07) is 8.01. The summed E-state index contributed by atoms with van der Waals surface area (Å²) in [4.78, 5) is 0. The Morgan fingerprint density at radius 2 is 2.00 bits per heavy atom. The van der Waals surface area contributed by atoms with Crippen molar-refractivity contribution in [1.82, 2.24) is 10.2 Å². The lowest BCUT2D eigenvalue weighted by molar-refractivity contribution is 0.309. The number of benzene rings is 1. The molecule has 0 aliphatic rings. The molecular formula is C15H21N3O. The van der Waals surface area contributed by atoms with Crippen molar-refractivity contribution in [3.8, 4) is 17.0 Å². The van der Waals surface area contributed by atoms with E-state index in [0.29, 0.717) is 6.54 Å². The SMILES string of the molecule is CCCCOc1ccc(-c2n[nH]c(C)c2CN)cc1. The second-order valence-electron chi connectivity index (χ2n) is 4.61. The van der Waals surface area contributed by atoms with E-state index in [9.17, 15) is 0 Å². The van der Waals surface area contributed by atoms with Gasteiger partial charge in [-0.15, -0.1) is 0 Å². The molecule has 0 amide bonds. The molecule has 0 radical (unpaired) electrons. The molecule has 2 aromatic rings. The fourth-order valence-corrected chi connectivity index (χ4v) is 1.98. The van der Waals surface area contributed by atoms with Crippen molar-refractivity contribution in [2.24, 2.45) is 5.73 Å². The number of nitrogens with two attached hydrogens (primary N) is 1. The highest BCUT2D eigenvalue weighted by atomic mass is 16.5. The summed E-state index contributed by atoms with van der Waals surface area (Å²) in [6.07, 6.45) is 2.22. The van der Waals surface area contributed by atoms with Crippen LogP contribution in [0, 0.1) is 6.92 Å². The number of hydrogen-bond donors (Lipinski definition) is 2. The molecule has 1 aromatic carbocycles. The van der Waals surface area contributed by atoms with E-state index in [1.807, 2.05) is 31.2 Å². The third-order valence-electron chi connectivity index (χ3n) is 3.17. The molecule has 0 saturated carbocycles. The first-order chi connectivity index (χ1) is 9.26. The lowest BCUT2D eigenvalue weighted by Gasteiger charge is -2.06. The van der Waals surface area contributed by atoms with Gasteiger partial charge in [0.05, 0.1) is 12.3 Å². The van der Waals surface area contributed by atoms with E-state index in [1.54, 1.807) is 0 Å². The van der Waals surface area contributed by atoms with Gasteiger partial charge in [-0.25, -0.2) is 0 Å². The molecule has 0 atom stereocenters. The van der Waals surface area contributed by atoms with E-state index >= 15 is 0 Å². The van der Waals surface area contributed by atoms with Crippen molar-refractivity contribution in [3.05, 3.63) is 35.5 Å². The van der Waals surface area contributed by atoms with E-state index in [2.05, 4.69) is 17.1 Å². The summed E-state index contributed by atoms with van der Waals surface area (Å²) < 4.78 is 5.65. The molecule has 0 bridgehead atoms. The van der Waals surface area contributed by atoms with Crippen LogP contribution >= 0.6 is 0 Å². The van der Waals surface area contributed by atoms with Gasteiger partial charge in [0.25, 0.3) is 0 Å². The zero-order valence-corrected chi connectivity index (χ0v) is 11.6. The summed E-state index contributed by atoms with van der Waals surface area (Å²) in [7, 11) is 0.